The highest BCUT2D eigenvalue weighted by Crippen LogP contribution is 2.16. The Balaban J connectivity index is 1.96. The highest BCUT2D eigenvalue weighted by atomic mass is 19.1. The molecule has 114 valence electrons. The van der Waals surface area contributed by atoms with Crippen molar-refractivity contribution in [3.63, 3.8) is 0 Å². The summed E-state index contributed by atoms with van der Waals surface area (Å²) in [6.45, 7) is 5.39. The zero-order valence-corrected chi connectivity index (χ0v) is 12.8. The minimum absolute atomic E-state index is 0.196. The Bertz CT molecular complexity index is 583. The number of imidazole rings is 1. The third-order valence-electron chi connectivity index (χ3n) is 3.32. The van der Waals surface area contributed by atoms with Crippen molar-refractivity contribution in [1.29, 1.82) is 0 Å². The highest BCUT2D eigenvalue weighted by molar-refractivity contribution is 5.30. The lowest BCUT2D eigenvalue weighted by atomic mass is 10.1. The van der Waals surface area contributed by atoms with E-state index in [1.165, 1.54) is 6.07 Å². The van der Waals surface area contributed by atoms with Gasteiger partial charge >= 0.3 is 0 Å². The molecular formula is C16H22FN3O. The van der Waals surface area contributed by atoms with Crippen LogP contribution in [-0.2, 0) is 11.2 Å². The molecule has 5 heteroatoms. The third-order valence-corrected chi connectivity index (χ3v) is 3.32. The Morgan fingerprint density at radius 2 is 2.24 bits per heavy atom. The van der Waals surface area contributed by atoms with Gasteiger partial charge in [-0.1, -0.05) is 12.1 Å². The van der Waals surface area contributed by atoms with Crippen LogP contribution < -0.4 is 5.32 Å². The summed E-state index contributed by atoms with van der Waals surface area (Å²) in [6.07, 6.45) is 2.76. The van der Waals surface area contributed by atoms with E-state index >= 15 is 0 Å². The molecule has 0 aliphatic heterocycles. The second kappa shape index (κ2) is 7.22. The molecule has 4 nitrogen and oxygen atoms in total. The molecular weight excluding hydrogens is 269 g/mol. The van der Waals surface area contributed by atoms with Gasteiger partial charge in [-0.15, -0.1) is 0 Å². The molecule has 1 aromatic carbocycles. The van der Waals surface area contributed by atoms with Gasteiger partial charge in [0.1, 0.15) is 5.82 Å². The van der Waals surface area contributed by atoms with Crippen LogP contribution in [0.25, 0.3) is 0 Å². The Labute approximate surface area is 125 Å². The molecule has 2 rings (SSSR count). The lowest BCUT2D eigenvalue weighted by Gasteiger charge is -2.16. The number of nitrogens with zero attached hydrogens (tertiary/aromatic N) is 2. The first-order chi connectivity index (χ1) is 10.1. The maximum atomic E-state index is 13.1. The van der Waals surface area contributed by atoms with Gasteiger partial charge in [0.2, 0.25) is 5.95 Å². The van der Waals surface area contributed by atoms with Crippen molar-refractivity contribution >= 4 is 5.95 Å². The van der Waals surface area contributed by atoms with Gasteiger partial charge in [-0.3, -0.25) is 0 Å². The van der Waals surface area contributed by atoms with Crippen molar-refractivity contribution in [2.45, 2.75) is 26.3 Å². The van der Waals surface area contributed by atoms with Crippen molar-refractivity contribution < 1.29 is 9.13 Å². The molecule has 0 saturated heterocycles. The van der Waals surface area contributed by atoms with Gasteiger partial charge in [-0.2, -0.15) is 0 Å². The van der Waals surface area contributed by atoms with E-state index in [4.69, 9.17) is 4.74 Å². The molecule has 0 aliphatic rings. The van der Waals surface area contributed by atoms with Crippen LogP contribution in [0.4, 0.5) is 10.3 Å². The molecule has 1 heterocycles. The largest absolute Gasteiger partial charge is 0.383 e. The number of aromatic nitrogens is 2. The maximum Gasteiger partial charge on any atom is 0.203 e. The lowest BCUT2D eigenvalue weighted by Crippen LogP contribution is -2.15. The van der Waals surface area contributed by atoms with E-state index in [0.29, 0.717) is 13.2 Å². The maximum absolute atomic E-state index is 13.1. The Kier molecular flexibility index (Phi) is 5.33. The molecule has 0 spiro atoms. The predicted octanol–water partition coefficient (Wildman–Crippen LogP) is 3.19. The number of hydrogen-bond donors (Lipinski definition) is 1. The number of nitrogens with one attached hydrogen (secondary N) is 1. The second-order valence-corrected chi connectivity index (χ2v) is 5.22. The van der Waals surface area contributed by atoms with Crippen molar-refractivity contribution in [3.05, 3.63) is 47.5 Å². The molecule has 1 atom stereocenters. The molecule has 2 aromatic rings. The summed E-state index contributed by atoms with van der Waals surface area (Å²) >= 11 is 0. The molecule has 1 unspecified atom stereocenters. The summed E-state index contributed by atoms with van der Waals surface area (Å²) in [5, 5.41) is 3.32. The van der Waals surface area contributed by atoms with E-state index in [1.807, 2.05) is 19.2 Å². The molecule has 0 amide bonds. The fraction of sp³-hybridized carbons (Fsp3) is 0.438. The van der Waals surface area contributed by atoms with Crippen molar-refractivity contribution in [2.75, 3.05) is 25.6 Å². The van der Waals surface area contributed by atoms with Crippen LogP contribution in [-0.4, -0.2) is 29.8 Å². The van der Waals surface area contributed by atoms with Crippen LogP contribution in [0.3, 0.4) is 0 Å². The first-order valence-electron chi connectivity index (χ1n) is 7.13. The zero-order chi connectivity index (χ0) is 15.2. The summed E-state index contributed by atoms with van der Waals surface area (Å²) in [4.78, 5) is 4.48. The smallest absolute Gasteiger partial charge is 0.203 e. The molecule has 0 bridgehead atoms. The van der Waals surface area contributed by atoms with Crippen LogP contribution >= 0.6 is 0 Å². The van der Waals surface area contributed by atoms with E-state index in [-0.39, 0.29) is 11.9 Å². The van der Waals surface area contributed by atoms with Crippen molar-refractivity contribution in [3.8, 4) is 0 Å². The van der Waals surface area contributed by atoms with Gasteiger partial charge in [0.05, 0.1) is 18.3 Å². The number of benzene rings is 1. The molecule has 21 heavy (non-hydrogen) atoms. The standard InChI is InChI=1S/C16H22FN3O/c1-12-10-20(13(2)11-21-3)16(19-12)18-8-7-14-5-4-6-15(17)9-14/h4-6,9-10,13H,7-8,11H2,1-3H3,(H,18,19). The summed E-state index contributed by atoms with van der Waals surface area (Å²) in [5.41, 5.74) is 1.94. The van der Waals surface area contributed by atoms with Gasteiger partial charge < -0.3 is 14.6 Å². The average Bonchev–Trinajstić information content (AvgIpc) is 2.80. The van der Waals surface area contributed by atoms with E-state index in [2.05, 4.69) is 21.8 Å². The molecule has 1 aromatic heterocycles. The van der Waals surface area contributed by atoms with E-state index < -0.39 is 0 Å². The van der Waals surface area contributed by atoms with E-state index in [1.54, 1.807) is 19.2 Å². The fourth-order valence-electron chi connectivity index (χ4n) is 2.32. The van der Waals surface area contributed by atoms with Crippen LogP contribution in [0.5, 0.6) is 0 Å². The molecule has 1 N–H and O–H groups in total. The minimum Gasteiger partial charge on any atom is -0.383 e. The molecule has 0 aliphatic carbocycles. The third kappa shape index (κ3) is 4.29. The van der Waals surface area contributed by atoms with Crippen molar-refractivity contribution in [1.82, 2.24) is 9.55 Å². The van der Waals surface area contributed by atoms with Crippen LogP contribution in [0.1, 0.15) is 24.2 Å². The highest BCUT2D eigenvalue weighted by Gasteiger charge is 2.11. The Morgan fingerprint density at radius 3 is 2.95 bits per heavy atom. The van der Waals surface area contributed by atoms with Crippen LogP contribution in [0.15, 0.2) is 30.5 Å². The summed E-state index contributed by atoms with van der Waals surface area (Å²) in [5.74, 6) is 0.631. The average molecular weight is 291 g/mol. The molecule has 0 radical (unpaired) electrons. The topological polar surface area (TPSA) is 39.1 Å². The van der Waals surface area contributed by atoms with Crippen LogP contribution in [0.2, 0.25) is 0 Å². The van der Waals surface area contributed by atoms with E-state index in [9.17, 15) is 4.39 Å². The number of halogens is 1. The normalized spacial score (nSPS) is 12.4. The van der Waals surface area contributed by atoms with Gasteiger partial charge in [0.25, 0.3) is 0 Å². The Hall–Kier alpha value is -1.88. The summed E-state index contributed by atoms with van der Waals surface area (Å²) in [7, 11) is 1.69. The van der Waals surface area contributed by atoms with Crippen molar-refractivity contribution in [2.24, 2.45) is 0 Å². The number of aryl methyl sites for hydroxylation is 1. The summed E-state index contributed by atoms with van der Waals surface area (Å²) < 4.78 is 20.4. The predicted molar refractivity (Wildman–Crippen MR) is 82.1 cm³/mol. The SMILES string of the molecule is COCC(C)n1cc(C)nc1NCCc1cccc(F)c1. The van der Waals surface area contributed by atoms with Gasteiger partial charge in [-0.05, 0) is 38.0 Å². The number of ether oxygens (including phenoxy) is 1. The second-order valence-electron chi connectivity index (χ2n) is 5.22. The summed E-state index contributed by atoms with van der Waals surface area (Å²) in [6, 6.07) is 6.90. The lowest BCUT2D eigenvalue weighted by molar-refractivity contribution is 0.163. The number of hydrogen-bond acceptors (Lipinski definition) is 3. The zero-order valence-electron chi connectivity index (χ0n) is 12.8. The monoisotopic (exact) mass is 291 g/mol. The van der Waals surface area contributed by atoms with Gasteiger partial charge in [-0.25, -0.2) is 9.37 Å². The van der Waals surface area contributed by atoms with E-state index in [0.717, 1.165) is 23.6 Å². The quantitative estimate of drug-likeness (QED) is 0.851. The first kappa shape index (κ1) is 15.5. The Morgan fingerprint density at radius 1 is 1.43 bits per heavy atom. The van der Waals surface area contributed by atoms with Gasteiger partial charge in [0, 0.05) is 19.9 Å². The molecule has 0 saturated carbocycles. The number of anilines is 1. The van der Waals surface area contributed by atoms with Gasteiger partial charge in [0.15, 0.2) is 0 Å². The fourth-order valence-corrected chi connectivity index (χ4v) is 2.32. The number of methoxy groups -OCH3 is 1. The molecule has 0 fully saturated rings. The minimum atomic E-state index is -0.196. The number of rotatable bonds is 7. The first-order valence-corrected chi connectivity index (χ1v) is 7.13. The van der Waals surface area contributed by atoms with Crippen LogP contribution in [0, 0.1) is 12.7 Å².